The fourth-order valence-corrected chi connectivity index (χ4v) is 4.44. The summed E-state index contributed by atoms with van der Waals surface area (Å²) in [7, 11) is 0. The van der Waals surface area contributed by atoms with Crippen LogP contribution in [-0.2, 0) is 9.59 Å². The van der Waals surface area contributed by atoms with E-state index in [0.29, 0.717) is 41.5 Å². The first kappa shape index (κ1) is 23.6. The van der Waals surface area contributed by atoms with Gasteiger partial charge in [-0.1, -0.05) is 52.3 Å². The first-order chi connectivity index (χ1) is 16.5. The molecule has 1 aliphatic rings. The van der Waals surface area contributed by atoms with Crippen molar-refractivity contribution in [3.63, 3.8) is 0 Å². The van der Waals surface area contributed by atoms with Crippen molar-refractivity contribution in [3.8, 4) is 11.5 Å². The monoisotopic (exact) mass is 521 g/mol. The molecule has 0 radical (unpaired) electrons. The average Bonchev–Trinajstić information content (AvgIpc) is 3.10. The van der Waals surface area contributed by atoms with Crippen molar-refractivity contribution in [3.05, 3.63) is 94.0 Å². The maximum atomic E-state index is 13.3. The van der Waals surface area contributed by atoms with E-state index in [1.54, 1.807) is 36.4 Å². The molecule has 1 unspecified atom stereocenters. The second-order valence-electron chi connectivity index (χ2n) is 7.58. The highest BCUT2D eigenvalue weighted by Gasteiger charge is 2.47. The van der Waals surface area contributed by atoms with E-state index in [0.717, 1.165) is 4.47 Å². The van der Waals surface area contributed by atoms with Gasteiger partial charge in [-0.15, -0.1) is 0 Å². The van der Waals surface area contributed by atoms with Gasteiger partial charge in [0.1, 0.15) is 17.3 Å². The zero-order chi connectivity index (χ0) is 24.2. The van der Waals surface area contributed by atoms with Gasteiger partial charge < -0.3 is 14.6 Å². The number of aliphatic hydroxyl groups excluding tert-OH is 1. The summed E-state index contributed by atoms with van der Waals surface area (Å²) in [5.41, 5.74) is 1.56. The Hall–Kier alpha value is -3.58. The molecule has 0 aromatic heterocycles. The number of hydrogen-bond acceptors (Lipinski definition) is 5. The molecule has 6 nitrogen and oxygen atoms in total. The smallest absolute Gasteiger partial charge is 0.300 e. The number of ketones is 1. The average molecular weight is 522 g/mol. The molecule has 0 spiro atoms. The van der Waals surface area contributed by atoms with Gasteiger partial charge in [-0.05, 0) is 49.7 Å². The van der Waals surface area contributed by atoms with Crippen LogP contribution in [0.3, 0.4) is 0 Å². The van der Waals surface area contributed by atoms with E-state index in [9.17, 15) is 14.7 Å². The molecule has 1 heterocycles. The highest BCUT2D eigenvalue weighted by Crippen LogP contribution is 2.44. The van der Waals surface area contributed by atoms with Crippen LogP contribution < -0.4 is 14.4 Å². The molecule has 34 heavy (non-hydrogen) atoms. The summed E-state index contributed by atoms with van der Waals surface area (Å²) >= 11 is 3.43. The van der Waals surface area contributed by atoms with Crippen molar-refractivity contribution in [1.82, 2.24) is 0 Å². The Morgan fingerprint density at radius 3 is 2.35 bits per heavy atom. The normalized spacial score (nSPS) is 17.1. The van der Waals surface area contributed by atoms with E-state index in [4.69, 9.17) is 9.47 Å². The van der Waals surface area contributed by atoms with Crippen molar-refractivity contribution >= 4 is 39.1 Å². The van der Waals surface area contributed by atoms with Crippen molar-refractivity contribution in [2.75, 3.05) is 18.1 Å². The fraction of sp³-hybridized carbons (Fsp3) is 0.185. The van der Waals surface area contributed by atoms with E-state index in [2.05, 4.69) is 15.9 Å². The molecule has 1 amide bonds. The van der Waals surface area contributed by atoms with Gasteiger partial charge in [-0.2, -0.15) is 0 Å². The van der Waals surface area contributed by atoms with Crippen LogP contribution in [0.25, 0.3) is 5.76 Å². The summed E-state index contributed by atoms with van der Waals surface area (Å²) in [6, 6.07) is 20.5. The Bertz CT molecular complexity index is 1250. The number of Topliss-reactive ketones (excluding diaryl/α,β-unsaturated/α-hetero) is 1. The van der Waals surface area contributed by atoms with Gasteiger partial charge in [0.05, 0.1) is 30.4 Å². The van der Waals surface area contributed by atoms with Gasteiger partial charge >= 0.3 is 0 Å². The van der Waals surface area contributed by atoms with Crippen LogP contribution in [0.2, 0.25) is 0 Å². The molecular formula is C27H24BrNO5. The summed E-state index contributed by atoms with van der Waals surface area (Å²) in [4.78, 5) is 28.0. The molecule has 1 atom stereocenters. The first-order valence-electron chi connectivity index (χ1n) is 11.0. The number of anilines is 1. The van der Waals surface area contributed by atoms with E-state index < -0.39 is 17.7 Å². The van der Waals surface area contributed by atoms with Crippen LogP contribution in [0.1, 0.15) is 31.0 Å². The highest BCUT2D eigenvalue weighted by atomic mass is 79.9. The van der Waals surface area contributed by atoms with E-state index in [1.807, 2.05) is 50.2 Å². The van der Waals surface area contributed by atoms with Gasteiger partial charge in [0, 0.05) is 16.2 Å². The minimum Gasteiger partial charge on any atom is -0.507 e. The summed E-state index contributed by atoms with van der Waals surface area (Å²) in [6.07, 6.45) is 0. The number of carbonyl (C=O) groups excluding carboxylic acids is 2. The Kier molecular flexibility index (Phi) is 7.03. The maximum absolute atomic E-state index is 13.3. The molecule has 1 fully saturated rings. The van der Waals surface area contributed by atoms with Crippen molar-refractivity contribution in [2.24, 2.45) is 0 Å². The van der Waals surface area contributed by atoms with Crippen LogP contribution in [0.4, 0.5) is 5.69 Å². The maximum Gasteiger partial charge on any atom is 0.300 e. The third kappa shape index (κ3) is 4.43. The summed E-state index contributed by atoms with van der Waals surface area (Å²) in [5.74, 6) is -0.820. The Morgan fingerprint density at radius 2 is 1.68 bits per heavy atom. The van der Waals surface area contributed by atoms with Gasteiger partial charge in [-0.3, -0.25) is 14.5 Å². The molecule has 4 rings (SSSR count). The quantitative estimate of drug-likeness (QED) is 0.239. The minimum absolute atomic E-state index is 0.00119. The molecule has 174 valence electrons. The summed E-state index contributed by atoms with van der Waals surface area (Å²) in [5, 5.41) is 11.4. The number of amides is 1. The van der Waals surface area contributed by atoms with Crippen LogP contribution in [0.15, 0.2) is 82.8 Å². The summed E-state index contributed by atoms with van der Waals surface area (Å²) < 4.78 is 12.1. The SMILES string of the molecule is CCOc1ccc(/C(O)=C2/C(=O)C(=O)N(c3cccc(Br)c3)C2c2ccccc2)c(OCC)c1. The van der Waals surface area contributed by atoms with Crippen LogP contribution >= 0.6 is 15.9 Å². The lowest BCUT2D eigenvalue weighted by Crippen LogP contribution is -2.29. The molecule has 3 aromatic rings. The topological polar surface area (TPSA) is 76.1 Å². The molecule has 1 saturated heterocycles. The Balaban J connectivity index is 1.93. The number of nitrogens with zero attached hydrogens (tertiary/aromatic N) is 1. The van der Waals surface area contributed by atoms with Crippen molar-refractivity contribution in [1.29, 1.82) is 0 Å². The van der Waals surface area contributed by atoms with E-state index in [-0.39, 0.29) is 11.3 Å². The molecule has 0 aliphatic carbocycles. The largest absolute Gasteiger partial charge is 0.507 e. The predicted octanol–water partition coefficient (Wildman–Crippen LogP) is 5.87. The Labute approximate surface area is 206 Å². The number of benzene rings is 3. The van der Waals surface area contributed by atoms with Gasteiger partial charge in [0.25, 0.3) is 11.7 Å². The summed E-state index contributed by atoms with van der Waals surface area (Å²) in [6.45, 7) is 4.53. The number of carbonyl (C=O) groups is 2. The predicted molar refractivity (Wildman–Crippen MR) is 134 cm³/mol. The van der Waals surface area contributed by atoms with Gasteiger partial charge in [-0.25, -0.2) is 0 Å². The van der Waals surface area contributed by atoms with Gasteiger partial charge in [0.15, 0.2) is 0 Å². The second-order valence-corrected chi connectivity index (χ2v) is 8.50. The second kappa shape index (κ2) is 10.1. The van der Waals surface area contributed by atoms with Crippen molar-refractivity contribution < 1.29 is 24.2 Å². The number of aliphatic hydroxyl groups is 1. The lowest BCUT2D eigenvalue weighted by Gasteiger charge is -2.25. The molecule has 1 N–H and O–H groups in total. The zero-order valence-electron chi connectivity index (χ0n) is 18.8. The molecule has 0 saturated carbocycles. The van der Waals surface area contributed by atoms with Crippen LogP contribution in [0, 0.1) is 0 Å². The van der Waals surface area contributed by atoms with Gasteiger partial charge in [0.2, 0.25) is 0 Å². The highest BCUT2D eigenvalue weighted by molar-refractivity contribution is 9.10. The van der Waals surface area contributed by atoms with Crippen LogP contribution in [-0.4, -0.2) is 30.0 Å². The first-order valence-corrected chi connectivity index (χ1v) is 11.8. The van der Waals surface area contributed by atoms with Crippen LogP contribution in [0.5, 0.6) is 11.5 Å². The number of hydrogen-bond donors (Lipinski definition) is 1. The molecule has 7 heteroatoms. The minimum atomic E-state index is -0.809. The Morgan fingerprint density at radius 1 is 0.941 bits per heavy atom. The lowest BCUT2D eigenvalue weighted by atomic mass is 9.95. The van der Waals surface area contributed by atoms with Crippen molar-refractivity contribution in [2.45, 2.75) is 19.9 Å². The lowest BCUT2D eigenvalue weighted by molar-refractivity contribution is -0.132. The fourth-order valence-electron chi connectivity index (χ4n) is 4.05. The molecular weight excluding hydrogens is 498 g/mol. The third-order valence-corrected chi connectivity index (χ3v) is 5.96. The number of halogens is 1. The number of rotatable bonds is 7. The zero-order valence-corrected chi connectivity index (χ0v) is 20.4. The molecule has 3 aromatic carbocycles. The number of ether oxygens (including phenoxy) is 2. The van der Waals surface area contributed by atoms with E-state index in [1.165, 1.54) is 4.90 Å². The molecule has 1 aliphatic heterocycles. The van der Waals surface area contributed by atoms with E-state index >= 15 is 0 Å². The molecule has 0 bridgehead atoms. The standard InChI is InChI=1S/C27H24BrNO5/c1-3-33-20-13-14-21(22(16-20)34-4-2)25(30)23-24(17-9-6-5-7-10-17)29(27(32)26(23)31)19-12-8-11-18(28)15-19/h5-16,24,30H,3-4H2,1-2H3/b25-23-. The third-order valence-electron chi connectivity index (χ3n) is 5.47.